The highest BCUT2D eigenvalue weighted by Gasteiger charge is 2.36. The minimum Gasteiger partial charge on any atom is -0.481 e. The molecule has 1 saturated heterocycles. The molecule has 0 radical (unpaired) electrons. The van der Waals surface area contributed by atoms with Gasteiger partial charge in [0.1, 0.15) is 5.67 Å². The number of likely N-dealkylation sites (tertiary alicyclic amines) is 1. The molecule has 1 N–H and O–H groups in total. The molecule has 0 bridgehead atoms. The molecule has 1 rings (SSSR count). The number of nitrogens with zero attached hydrogens (tertiary/aromatic N) is 1. The fourth-order valence-electron chi connectivity index (χ4n) is 1.72. The van der Waals surface area contributed by atoms with Crippen molar-refractivity contribution in [3.63, 3.8) is 0 Å². The lowest BCUT2D eigenvalue weighted by Gasteiger charge is -2.34. The summed E-state index contributed by atoms with van der Waals surface area (Å²) in [5.41, 5.74) is -1.50. The second-order valence-electron chi connectivity index (χ2n) is 3.56. The average Bonchev–Trinajstić information content (AvgIpc) is 1.82. The van der Waals surface area contributed by atoms with Crippen LogP contribution in [0.4, 0.5) is 4.39 Å². The zero-order valence-corrected chi connectivity index (χ0v) is 7.22. The number of aliphatic carboxylic acids is 1. The van der Waals surface area contributed by atoms with Crippen molar-refractivity contribution in [1.82, 2.24) is 4.90 Å². The largest absolute Gasteiger partial charge is 0.481 e. The van der Waals surface area contributed by atoms with Crippen LogP contribution in [0.5, 0.6) is 0 Å². The molecule has 0 aliphatic carbocycles. The van der Waals surface area contributed by atoms with Crippen LogP contribution in [0.15, 0.2) is 0 Å². The van der Waals surface area contributed by atoms with Gasteiger partial charge in [-0.2, -0.15) is 0 Å². The van der Waals surface area contributed by atoms with Crippen molar-refractivity contribution >= 4 is 5.97 Å². The van der Waals surface area contributed by atoms with Crippen molar-refractivity contribution < 1.29 is 14.3 Å². The van der Waals surface area contributed by atoms with Crippen LogP contribution in [0.1, 0.15) is 19.3 Å². The van der Waals surface area contributed by atoms with Crippen molar-refractivity contribution in [2.45, 2.75) is 24.9 Å². The molecule has 1 unspecified atom stereocenters. The Labute approximate surface area is 71.2 Å². The number of hydrogen-bond acceptors (Lipinski definition) is 2. The molecule has 1 aliphatic rings. The van der Waals surface area contributed by atoms with Crippen LogP contribution in [0.25, 0.3) is 0 Å². The predicted octanol–water partition coefficient (Wildman–Crippen LogP) is 0.895. The van der Waals surface area contributed by atoms with Gasteiger partial charge >= 0.3 is 5.97 Å². The number of carboxylic acids is 1. The first-order valence-electron chi connectivity index (χ1n) is 4.11. The van der Waals surface area contributed by atoms with Crippen molar-refractivity contribution in [3.05, 3.63) is 0 Å². The van der Waals surface area contributed by atoms with Gasteiger partial charge in [0.15, 0.2) is 0 Å². The molecule has 0 aromatic carbocycles. The van der Waals surface area contributed by atoms with Gasteiger partial charge in [0.05, 0.1) is 6.42 Å². The van der Waals surface area contributed by atoms with Crippen LogP contribution in [0.2, 0.25) is 0 Å². The Kier molecular flexibility index (Phi) is 2.67. The van der Waals surface area contributed by atoms with Gasteiger partial charge in [0, 0.05) is 6.54 Å². The molecule has 0 aromatic heterocycles. The second-order valence-corrected chi connectivity index (χ2v) is 3.56. The highest BCUT2D eigenvalue weighted by Crippen LogP contribution is 2.27. The van der Waals surface area contributed by atoms with E-state index in [0.717, 1.165) is 13.0 Å². The summed E-state index contributed by atoms with van der Waals surface area (Å²) < 4.78 is 13.7. The number of hydrogen-bond donors (Lipinski definition) is 1. The van der Waals surface area contributed by atoms with E-state index in [1.165, 1.54) is 0 Å². The van der Waals surface area contributed by atoms with E-state index in [0.29, 0.717) is 6.42 Å². The quantitative estimate of drug-likeness (QED) is 0.677. The molecule has 0 amide bonds. The number of alkyl halides is 1. The third kappa shape index (κ3) is 2.44. The molecule has 12 heavy (non-hydrogen) atoms. The van der Waals surface area contributed by atoms with E-state index in [1.807, 2.05) is 11.9 Å². The summed E-state index contributed by atoms with van der Waals surface area (Å²) in [6.07, 6.45) is 0.765. The molecule has 4 heteroatoms. The zero-order valence-electron chi connectivity index (χ0n) is 7.22. The molecular formula is C8H14FNO2. The Morgan fingerprint density at radius 1 is 1.75 bits per heavy atom. The lowest BCUT2D eigenvalue weighted by molar-refractivity contribution is -0.141. The molecule has 0 saturated carbocycles. The van der Waals surface area contributed by atoms with E-state index in [1.54, 1.807) is 0 Å². The third-order valence-corrected chi connectivity index (χ3v) is 2.19. The highest BCUT2D eigenvalue weighted by atomic mass is 19.1. The topological polar surface area (TPSA) is 40.5 Å². The van der Waals surface area contributed by atoms with Crippen molar-refractivity contribution in [1.29, 1.82) is 0 Å². The number of halogens is 1. The van der Waals surface area contributed by atoms with Crippen LogP contribution in [-0.2, 0) is 4.79 Å². The summed E-state index contributed by atoms with van der Waals surface area (Å²) in [4.78, 5) is 12.2. The van der Waals surface area contributed by atoms with Gasteiger partial charge in [0.2, 0.25) is 0 Å². The maximum atomic E-state index is 13.7. The SMILES string of the molecule is CN1CCCC(F)(CC(=O)O)C1. The fraction of sp³-hybridized carbons (Fsp3) is 0.875. The summed E-state index contributed by atoms with van der Waals surface area (Å²) >= 11 is 0. The van der Waals surface area contributed by atoms with Crippen LogP contribution in [0.3, 0.4) is 0 Å². The highest BCUT2D eigenvalue weighted by molar-refractivity contribution is 5.68. The molecule has 3 nitrogen and oxygen atoms in total. The van der Waals surface area contributed by atoms with Gasteiger partial charge in [-0.05, 0) is 26.4 Å². The van der Waals surface area contributed by atoms with Crippen LogP contribution < -0.4 is 0 Å². The lowest BCUT2D eigenvalue weighted by atomic mass is 9.92. The van der Waals surface area contributed by atoms with Crippen molar-refractivity contribution in [3.8, 4) is 0 Å². The third-order valence-electron chi connectivity index (χ3n) is 2.19. The maximum absolute atomic E-state index is 13.7. The second kappa shape index (κ2) is 3.39. The van der Waals surface area contributed by atoms with Gasteiger partial charge in [-0.15, -0.1) is 0 Å². The van der Waals surface area contributed by atoms with Gasteiger partial charge in [-0.1, -0.05) is 0 Å². The van der Waals surface area contributed by atoms with E-state index in [4.69, 9.17) is 5.11 Å². The molecule has 1 heterocycles. The van der Waals surface area contributed by atoms with E-state index >= 15 is 0 Å². The summed E-state index contributed by atoms with van der Waals surface area (Å²) in [5.74, 6) is -1.05. The first-order valence-corrected chi connectivity index (χ1v) is 4.11. The normalized spacial score (nSPS) is 31.8. The number of carbonyl (C=O) groups is 1. The van der Waals surface area contributed by atoms with E-state index in [-0.39, 0.29) is 13.0 Å². The van der Waals surface area contributed by atoms with E-state index in [2.05, 4.69) is 0 Å². The Morgan fingerprint density at radius 3 is 2.92 bits per heavy atom. The van der Waals surface area contributed by atoms with Crippen molar-refractivity contribution in [2.75, 3.05) is 20.1 Å². The molecule has 0 spiro atoms. The van der Waals surface area contributed by atoms with Crippen molar-refractivity contribution in [2.24, 2.45) is 0 Å². The summed E-state index contributed by atoms with van der Waals surface area (Å²) in [6, 6.07) is 0. The molecule has 1 aliphatic heterocycles. The zero-order chi connectivity index (χ0) is 9.19. The molecular weight excluding hydrogens is 161 g/mol. The van der Waals surface area contributed by atoms with Gasteiger partial charge in [0.25, 0.3) is 0 Å². The predicted molar refractivity (Wildman–Crippen MR) is 42.8 cm³/mol. The van der Waals surface area contributed by atoms with Gasteiger partial charge in [-0.3, -0.25) is 4.79 Å². The fourth-order valence-corrected chi connectivity index (χ4v) is 1.72. The summed E-state index contributed by atoms with van der Waals surface area (Å²) in [7, 11) is 1.81. The first-order chi connectivity index (χ1) is 5.52. The Morgan fingerprint density at radius 2 is 2.42 bits per heavy atom. The Hall–Kier alpha value is -0.640. The lowest BCUT2D eigenvalue weighted by Crippen LogP contribution is -2.44. The number of rotatable bonds is 2. The minimum absolute atomic E-state index is 0.249. The molecule has 1 fully saturated rings. The summed E-state index contributed by atoms with van der Waals surface area (Å²) in [6.45, 7) is 1.12. The standard InChI is InChI=1S/C8H14FNO2/c1-10-4-2-3-8(9,6-10)5-7(11)12/h2-6H2,1H3,(H,11,12). The van der Waals surface area contributed by atoms with E-state index < -0.39 is 11.6 Å². The van der Waals surface area contributed by atoms with Gasteiger partial charge < -0.3 is 10.0 Å². The van der Waals surface area contributed by atoms with Crippen LogP contribution in [-0.4, -0.2) is 41.8 Å². The Balaban J connectivity index is 2.51. The maximum Gasteiger partial charge on any atom is 0.306 e. The molecule has 1 atom stereocenters. The first kappa shape index (κ1) is 9.45. The van der Waals surface area contributed by atoms with Gasteiger partial charge in [-0.25, -0.2) is 4.39 Å². The average molecular weight is 175 g/mol. The van der Waals surface area contributed by atoms with Crippen LogP contribution in [0, 0.1) is 0 Å². The van der Waals surface area contributed by atoms with Crippen LogP contribution >= 0.6 is 0 Å². The van der Waals surface area contributed by atoms with E-state index in [9.17, 15) is 9.18 Å². The minimum atomic E-state index is -1.50. The monoisotopic (exact) mass is 175 g/mol. The number of carboxylic acid groups (broad SMARTS) is 1. The molecule has 0 aromatic rings. The Bertz CT molecular complexity index is 186. The smallest absolute Gasteiger partial charge is 0.306 e. The number of piperidine rings is 1. The molecule has 70 valence electrons. The summed E-state index contributed by atoms with van der Waals surface area (Å²) in [5, 5.41) is 8.46.